The number of benzene rings is 2. The van der Waals surface area contributed by atoms with Crippen molar-refractivity contribution < 1.29 is 41.8 Å². The first-order chi connectivity index (χ1) is 16.6. The number of anilines is 1. The van der Waals surface area contributed by atoms with E-state index in [1.165, 1.54) is 49.6 Å². The van der Waals surface area contributed by atoms with E-state index in [0.717, 1.165) is 12.1 Å². The molecule has 1 N–H and O–H groups in total. The van der Waals surface area contributed by atoms with Crippen LogP contribution in [0.5, 0.6) is 0 Å². The summed E-state index contributed by atoms with van der Waals surface area (Å²) in [4.78, 5) is 35.6. The number of amides is 1. The number of methoxy groups -OCH3 is 1. The Labute approximate surface area is 195 Å². The molecule has 0 aliphatic carbocycles. The van der Waals surface area contributed by atoms with Crippen molar-refractivity contribution in [2.75, 3.05) is 12.1 Å². The fourth-order valence-corrected chi connectivity index (χ4v) is 3.32. The average Bonchev–Trinajstić information content (AvgIpc) is 3.44. The smallest absolute Gasteiger partial charge is 0.435 e. The third-order valence-corrected chi connectivity index (χ3v) is 4.99. The zero-order valence-electron chi connectivity index (χ0n) is 17.9. The highest BCUT2D eigenvalue weighted by atomic mass is 19.4. The van der Waals surface area contributed by atoms with Gasteiger partial charge in [-0.25, -0.2) is 9.59 Å². The molecular formula is C24H15F3N2O6. The van der Waals surface area contributed by atoms with Crippen molar-refractivity contribution in [3.63, 3.8) is 0 Å². The molecule has 0 atom stereocenters. The Morgan fingerprint density at radius 2 is 1.77 bits per heavy atom. The van der Waals surface area contributed by atoms with Gasteiger partial charge in [-0.05, 0) is 48.5 Å². The molecule has 2 aromatic carbocycles. The Morgan fingerprint density at radius 1 is 1.06 bits per heavy atom. The lowest BCUT2D eigenvalue weighted by atomic mass is 10.1. The zero-order valence-corrected chi connectivity index (χ0v) is 17.9. The number of ether oxygens (including phenoxy) is 1. The summed E-state index contributed by atoms with van der Waals surface area (Å²) in [6.07, 6.45) is -4.04. The number of aromatic carboxylic acids is 1. The quantitative estimate of drug-likeness (QED) is 0.412. The maximum atomic E-state index is 13.7. The van der Waals surface area contributed by atoms with Crippen molar-refractivity contribution in [3.8, 4) is 11.3 Å². The number of hydrazone groups is 1. The third kappa shape index (κ3) is 4.69. The summed E-state index contributed by atoms with van der Waals surface area (Å²) >= 11 is 0. The second-order valence-electron chi connectivity index (χ2n) is 7.25. The van der Waals surface area contributed by atoms with Crippen LogP contribution in [0.2, 0.25) is 0 Å². The fourth-order valence-electron chi connectivity index (χ4n) is 3.32. The van der Waals surface area contributed by atoms with E-state index >= 15 is 0 Å². The Kier molecular flexibility index (Phi) is 6.00. The number of furan rings is 1. The van der Waals surface area contributed by atoms with E-state index in [4.69, 9.17) is 9.52 Å². The largest absolute Gasteiger partial charge is 0.478 e. The van der Waals surface area contributed by atoms with E-state index in [2.05, 4.69) is 9.84 Å². The highest BCUT2D eigenvalue weighted by Crippen LogP contribution is 2.33. The summed E-state index contributed by atoms with van der Waals surface area (Å²) in [6, 6.07) is 13.9. The first-order valence-electron chi connectivity index (χ1n) is 9.93. The minimum absolute atomic E-state index is 0.0431. The van der Waals surface area contributed by atoms with Gasteiger partial charge in [0.25, 0.3) is 5.91 Å². The van der Waals surface area contributed by atoms with Crippen LogP contribution in [0.4, 0.5) is 18.9 Å². The first kappa shape index (κ1) is 23.5. The molecule has 1 aliphatic heterocycles. The molecule has 35 heavy (non-hydrogen) atoms. The normalized spacial score (nSPS) is 14.9. The van der Waals surface area contributed by atoms with Gasteiger partial charge in [0.2, 0.25) is 0 Å². The van der Waals surface area contributed by atoms with Gasteiger partial charge in [0.15, 0.2) is 5.71 Å². The van der Waals surface area contributed by atoms with E-state index in [9.17, 15) is 27.6 Å². The predicted molar refractivity (Wildman–Crippen MR) is 118 cm³/mol. The first-order valence-corrected chi connectivity index (χ1v) is 9.93. The van der Waals surface area contributed by atoms with Crippen molar-refractivity contribution in [2.24, 2.45) is 5.10 Å². The Hall–Kier alpha value is -4.67. The summed E-state index contributed by atoms with van der Waals surface area (Å²) < 4.78 is 51.2. The number of rotatable bonds is 5. The van der Waals surface area contributed by atoms with Crippen LogP contribution in [0.1, 0.15) is 26.5 Å². The van der Waals surface area contributed by atoms with Gasteiger partial charge in [-0.15, -0.1) is 0 Å². The zero-order chi connectivity index (χ0) is 25.3. The van der Waals surface area contributed by atoms with Crippen LogP contribution >= 0.6 is 0 Å². The number of carboxylic acids is 1. The summed E-state index contributed by atoms with van der Waals surface area (Å²) in [5.41, 5.74) is -1.71. The molecule has 4 rings (SSSR count). The SMILES string of the molecule is COC(=O)c1ccc(-c2ccc(C=C3C(=O)N(c4cccc(C(=O)O)c4)N=C3C(F)(F)F)o2)cc1. The lowest BCUT2D eigenvalue weighted by Gasteiger charge is -2.11. The molecule has 178 valence electrons. The van der Waals surface area contributed by atoms with Crippen LogP contribution in [-0.2, 0) is 9.53 Å². The number of halogens is 3. The van der Waals surface area contributed by atoms with Gasteiger partial charge >= 0.3 is 18.1 Å². The molecule has 0 fully saturated rings. The van der Waals surface area contributed by atoms with E-state index in [1.54, 1.807) is 12.1 Å². The minimum atomic E-state index is -4.96. The number of hydrogen-bond acceptors (Lipinski definition) is 6. The van der Waals surface area contributed by atoms with E-state index in [1.807, 2.05) is 0 Å². The Bertz CT molecular complexity index is 1390. The topological polar surface area (TPSA) is 109 Å². The highest BCUT2D eigenvalue weighted by molar-refractivity contribution is 6.34. The molecule has 1 aromatic heterocycles. The Morgan fingerprint density at radius 3 is 2.40 bits per heavy atom. The van der Waals surface area contributed by atoms with E-state index in [-0.39, 0.29) is 22.8 Å². The van der Waals surface area contributed by atoms with E-state index in [0.29, 0.717) is 16.1 Å². The van der Waals surface area contributed by atoms with Crippen LogP contribution in [-0.4, -0.2) is 42.0 Å². The third-order valence-electron chi connectivity index (χ3n) is 4.99. The molecule has 1 amide bonds. The molecule has 0 bridgehead atoms. The van der Waals surface area contributed by atoms with Crippen molar-refractivity contribution >= 4 is 35.3 Å². The number of nitrogens with zero attached hydrogens (tertiary/aromatic N) is 2. The molecule has 0 saturated carbocycles. The number of esters is 1. The minimum Gasteiger partial charge on any atom is -0.478 e. The summed E-state index contributed by atoms with van der Waals surface area (Å²) in [6.45, 7) is 0. The molecule has 3 aromatic rings. The maximum absolute atomic E-state index is 13.7. The Balaban J connectivity index is 1.67. The molecule has 1 aliphatic rings. The number of carbonyl (C=O) groups is 3. The van der Waals surface area contributed by atoms with Crippen LogP contribution in [0.15, 0.2) is 75.8 Å². The van der Waals surface area contributed by atoms with Crippen molar-refractivity contribution in [1.29, 1.82) is 0 Å². The fraction of sp³-hybridized carbons (Fsp3) is 0.0833. The van der Waals surface area contributed by atoms with E-state index < -0.39 is 35.3 Å². The molecule has 0 unspecified atom stereocenters. The molecule has 8 nitrogen and oxygen atoms in total. The van der Waals surface area contributed by atoms with Gasteiger partial charge in [0.05, 0.1) is 29.5 Å². The molecule has 2 heterocycles. The second-order valence-corrected chi connectivity index (χ2v) is 7.25. The number of carboxylic acid groups (broad SMARTS) is 1. The number of alkyl halides is 3. The van der Waals surface area contributed by atoms with Crippen molar-refractivity contribution in [1.82, 2.24) is 0 Å². The van der Waals surface area contributed by atoms with Gasteiger partial charge in [-0.2, -0.15) is 23.3 Å². The van der Waals surface area contributed by atoms with Crippen LogP contribution in [0.3, 0.4) is 0 Å². The number of hydrogen-bond donors (Lipinski definition) is 1. The molecule has 11 heteroatoms. The van der Waals surface area contributed by atoms with Crippen LogP contribution < -0.4 is 5.01 Å². The van der Waals surface area contributed by atoms with Gasteiger partial charge in [-0.1, -0.05) is 18.2 Å². The van der Waals surface area contributed by atoms with Gasteiger partial charge in [0.1, 0.15) is 11.5 Å². The summed E-state index contributed by atoms with van der Waals surface area (Å²) in [5.74, 6) is -2.69. The van der Waals surface area contributed by atoms with Crippen LogP contribution in [0.25, 0.3) is 17.4 Å². The monoisotopic (exact) mass is 484 g/mol. The lowest BCUT2D eigenvalue weighted by Crippen LogP contribution is -2.25. The molecule has 0 saturated heterocycles. The van der Waals surface area contributed by atoms with Gasteiger partial charge in [-0.3, -0.25) is 4.79 Å². The standard InChI is InChI=1S/C24H15F3N2O6/c1-34-23(33)14-7-5-13(6-8-14)19-10-9-17(35-19)12-18-20(24(25,26)27)28-29(21(18)30)16-4-2-3-15(11-16)22(31)32/h2-12H,1H3,(H,31,32). The average molecular weight is 484 g/mol. The van der Waals surface area contributed by atoms with Gasteiger partial charge < -0.3 is 14.3 Å². The summed E-state index contributed by atoms with van der Waals surface area (Å²) in [5, 5.41) is 13.0. The highest BCUT2D eigenvalue weighted by Gasteiger charge is 2.47. The van der Waals surface area contributed by atoms with Crippen molar-refractivity contribution in [2.45, 2.75) is 6.18 Å². The molecule has 0 spiro atoms. The molecular weight excluding hydrogens is 469 g/mol. The lowest BCUT2D eigenvalue weighted by molar-refractivity contribution is -0.114. The van der Waals surface area contributed by atoms with Crippen LogP contribution in [0, 0.1) is 0 Å². The predicted octanol–water partition coefficient (Wildman–Crippen LogP) is 4.78. The second kappa shape index (κ2) is 8.93. The maximum Gasteiger partial charge on any atom is 0.435 e. The van der Waals surface area contributed by atoms with Crippen molar-refractivity contribution in [3.05, 3.63) is 83.1 Å². The summed E-state index contributed by atoms with van der Waals surface area (Å²) in [7, 11) is 1.25. The number of carbonyl (C=O) groups excluding carboxylic acids is 2. The van der Waals surface area contributed by atoms with Gasteiger partial charge in [0, 0.05) is 5.56 Å². The molecule has 0 radical (unpaired) electrons.